The normalized spacial score (nSPS) is 16.0. The van der Waals surface area contributed by atoms with Crippen LogP contribution in [0.1, 0.15) is 34.9 Å². The van der Waals surface area contributed by atoms with Gasteiger partial charge in [-0.25, -0.2) is 0 Å². The molecule has 5 heteroatoms. The zero-order chi connectivity index (χ0) is 35.3. The predicted octanol–water partition coefficient (Wildman–Crippen LogP) is 10.7. The van der Waals surface area contributed by atoms with Gasteiger partial charge in [-0.3, -0.25) is 0 Å². The first kappa shape index (κ1) is 30.5. The Morgan fingerprint density at radius 3 is 2.35 bits per heavy atom. The smallest absolute Gasteiger partial charge is 0.0991 e. The van der Waals surface area contributed by atoms with Crippen molar-refractivity contribution in [3.05, 3.63) is 167 Å². The van der Waals surface area contributed by atoms with Crippen molar-refractivity contribution in [1.29, 1.82) is 15.8 Å². The average Bonchev–Trinajstić information content (AvgIpc) is 3.56. The van der Waals surface area contributed by atoms with Crippen molar-refractivity contribution in [2.24, 2.45) is 11.8 Å². The van der Waals surface area contributed by atoms with Gasteiger partial charge in [0.2, 0.25) is 0 Å². The first-order valence-corrected chi connectivity index (χ1v) is 17.1. The maximum Gasteiger partial charge on any atom is 0.0991 e. The zero-order valence-corrected chi connectivity index (χ0v) is 28.1. The van der Waals surface area contributed by atoms with E-state index in [-0.39, 0.29) is 11.8 Å². The molecule has 5 aromatic carbocycles. The van der Waals surface area contributed by atoms with Crippen LogP contribution in [-0.2, 0) is 0 Å². The van der Waals surface area contributed by atoms with Crippen LogP contribution in [0.25, 0.3) is 72.9 Å². The second-order valence-corrected chi connectivity index (χ2v) is 13.1. The molecular weight excluding hydrogens is 635 g/mol. The molecule has 0 spiro atoms. The topological polar surface area (TPSA) is 81.2 Å². The van der Waals surface area contributed by atoms with Crippen LogP contribution in [0, 0.1) is 58.0 Å². The molecule has 2 unspecified atom stereocenters. The summed E-state index contributed by atoms with van der Waals surface area (Å²) < 4.78 is 4.49. The minimum Gasteiger partial charge on any atom is -0.311 e. The van der Waals surface area contributed by atoms with Crippen molar-refractivity contribution in [1.82, 2.24) is 9.13 Å². The molecule has 0 saturated heterocycles. The van der Waals surface area contributed by atoms with Crippen molar-refractivity contribution < 1.29 is 0 Å². The van der Waals surface area contributed by atoms with Gasteiger partial charge in [0.1, 0.15) is 0 Å². The van der Waals surface area contributed by atoms with E-state index in [0.29, 0.717) is 11.1 Å². The van der Waals surface area contributed by atoms with Crippen LogP contribution >= 0.6 is 0 Å². The number of hydrogen-bond donors (Lipinski definition) is 0. The van der Waals surface area contributed by atoms with Crippen LogP contribution in [0.15, 0.2) is 127 Å². The average molecular weight is 662 g/mol. The Morgan fingerprint density at radius 1 is 0.731 bits per heavy atom. The fraction of sp³-hybridized carbons (Fsp3) is 0.0638. The van der Waals surface area contributed by atoms with Gasteiger partial charge in [0.15, 0.2) is 0 Å². The molecule has 9 rings (SSSR count). The van der Waals surface area contributed by atoms with E-state index >= 15 is 0 Å². The quantitative estimate of drug-likeness (QED) is 0.176. The summed E-state index contributed by atoms with van der Waals surface area (Å²) in [7, 11) is 0. The van der Waals surface area contributed by atoms with Crippen molar-refractivity contribution in [3.8, 4) is 35.0 Å². The summed E-state index contributed by atoms with van der Waals surface area (Å²) in [5.41, 5.74) is 15.3. The van der Waals surface area contributed by atoms with E-state index in [1.54, 1.807) is 0 Å². The van der Waals surface area contributed by atoms with E-state index < -0.39 is 0 Å². The second-order valence-electron chi connectivity index (χ2n) is 13.1. The third-order valence-corrected chi connectivity index (χ3v) is 10.3. The minimum atomic E-state index is -0.328. The molecule has 0 fully saturated rings. The molecule has 2 aliphatic rings. The van der Waals surface area contributed by atoms with Crippen molar-refractivity contribution in [2.45, 2.75) is 6.92 Å². The number of benzene rings is 4. The minimum absolute atomic E-state index is 0.149. The lowest BCUT2D eigenvalue weighted by Crippen LogP contribution is -2.19. The van der Waals surface area contributed by atoms with E-state index in [1.165, 1.54) is 0 Å². The molecule has 0 radical (unpaired) electrons. The number of nitriles is 3. The Kier molecular flexibility index (Phi) is 7.11. The van der Waals surface area contributed by atoms with Crippen LogP contribution in [0.5, 0.6) is 0 Å². The molecule has 52 heavy (non-hydrogen) atoms. The monoisotopic (exact) mass is 661 g/mol. The number of fused-ring (bicyclic) bond motifs is 6. The summed E-state index contributed by atoms with van der Waals surface area (Å²) in [6, 6.07) is 46.0. The second kappa shape index (κ2) is 12.1. The van der Waals surface area contributed by atoms with Crippen LogP contribution in [0.4, 0.5) is 0 Å². The Morgan fingerprint density at radius 2 is 1.52 bits per heavy atom. The largest absolute Gasteiger partial charge is 0.311 e. The fourth-order valence-corrected chi connectivity index (χ4v) is 7.82. The summed E-state index contributed by atoms with van der Waals surface area (Å²) >= 11 is 0. The van der Waals surface area contributed by atoms with Crippen molar-refractivity contribution in [3.63, 3.8) is 0 Å². The number of hydrogen-bond acceptors (Lipinski definition) is 3. The van der Waals surface area contributed by atoms with E-state index in [9.17, 15) is 15.8 Å². The molecule has 5 nitrogen and oxygen atoms in total. The van der Waals surface area contributed by atoms with Crippen LogP contribution in [0.2, 0.25) is 0 Å². The molecule has 7 aromatic rings. The van der Waals surface area contributed by atoms with Gasteiger partial charge < -0.3 is 9.13 Å². The maximum absolute atomic E-state index is 10.2. The first-order valence-electron chi connectivity index (χ1n) is 17.1. The third kappa shape index (κ3) is 4.64. The highest BCUT2D eigenvalue weighted by Crippen LogP contribution is 2.45. The first-order chi connectivity index (χ1) is 25.6. The fourth-order valence-electron chi connectivity index (χ4n) is 7.82. The SMILES string of the molecule is CC1C(n2c3ccc#cc3c3ccccc32)=C(c2cc(C#N)ccc2-c2ccc(-n3c4c(c5cc(C#N)ccc53)C=C=CC=C4)cc2)C=CC1C#N. The van der Waals surface area contributed by atoms with E-state index in [0.717, 1.165) is 77.6 Å². The van der Waals surface area contributed by atoms with Gasteiger partial charge in [0, 0.05) is 39.2 Å². The van der Waals surface area contributed by atoms with Crippen molar-refractivity contribution >= 4 is 56.1 Å². The molecule has 0 bridgehead atoms. The molecule has 0 N–H and O–H groups in total. The standard InChI is InChI=1S/C47H27N5/c1-30-34(29-50)19-23-40(47(30)52-44-13-7-5-10-37(44)38-11-6-8-14-45(38)52)41-25-31(27-48)15-22-36(41)33-17-20-35(21-18-33)51-43-12-4-2-3-9-39(43)42-26-32(28-49)16-24-46(42)51/h2,4-5,7-10,12-26,30,34H,1H3. The molecular formula is C47H27N5. The number of nitrogens with zero attached hydrogens (tertiary/aromatic N) is 5. The third-order valence-electron chi connectivity index (χ3n) is 10.3. The van der Waals surface area contributed by atoms with E-state index in [2.05, 4.69) is 107 Å². The molecule has 2 atom stereocenters. The molecule has 0 amide bonds. The van der Waals surface area contributed by atoms with Gasteiger partial charge in [0.25, 0.3) is 0 Å². The Hall–Kier alpha value is -7.53. The predicted molar refractivity (Wildman–Crippen MR) is 207 cm³/mol. The Bertz CT molecular complexity index is 2880. The number of allylic oxidation sites excluding steroid dienone is 6. The summed E-state index contributed by atoms with van der Waals surface area (Å²) in [5, 5.41) is 33.0. The summed E-state index contributed by atoms with van der Waals surface area (Å²) in [6.45, 7) is 2.11. The Labute approximate surface area is 301 Å². The van der Waals surface area contributed by atoms with Gasteiger partial charge in [-0.1, -0.05) is 73.7 Å². The molecule has 2 heterocycles. The molecule has 0 saturated carbocycles. The molecule has 2 aromatic heterocycles. The number of para-hydroxylation sites is 1. The highest BCUT2D eigenvalue weighted by Gasteiger charge is 2.30. The maximum atomic E-state index is 10.2. The van der Waals surface area contributed by atoms with Crippen molar-refractivity contribution in [2.75, 3.05) is 0 Å². The number of aromatic nitrogens is 2. The van der Waals surface area contributed by atoms with Gasteiger partial charge in [-0.2, -0.15) is 15.8 Å². The lowest BCUT2D eigenvalue weighted by molar-refractivity contribution is 0.616. The van der Waals surface area contributed by atoms with Gasteiger partial charge in [-0.15, -0.1) is 5.73 Å². The van der Waals surface area contributed by atoms with Crippen LogP contribution in [-0.4, -0.2) is 9.13 Å². The highest BCUT2D eigenvalue weighted by atomic mass is 15.0. The lowest BCUT2D eigenvalue weighted by Gasteiger charge is -2.29. The molecule has 2 aliphatic carbocycles. The summed E-state index contributed by atoms with van der Waals surface area (Å²) in [6.07, 6.45) is 12.0. The van der Waals surface area contributed by atoms with E-state index in [1.807, 2.05) is 78.9 Å². The van der Waals surface area contributed by atoms with Gasteiger partial charge >= 0.3 is 0 Å². The van der Waals surface area contributed by atoms with Gasteiger partial charge in [-0.05, 0) is 95.6 Å². The highest BCUT2D eigenvalue weighted by molar-refractivity contribution is 6.12. The molecule has 240 valence electrons. The van der Waals surface area contributed by atoms with Gasteiger partial charge in [0.05, 0.1) is 62.9 Å². The molecule has 0 aliphatic heterocycles. The lowest BCUT2D eigenvalue weighted by atomic mass is 9.80. The summed E-state index contributed by atoms with van der Waals surface area (Å²) in [5.74, 6) is -0.476. The van der Waals surface area contributed by atoms with Crippen LogP contribution < -0.4 is 0 Å². The Balaban J connectivity index is 1.26. The van der Waals surface area contributed by atoms with E-state index in [4.69, 9.17) is 0 Å². The number of rotatable bonds is 4. The zero-order valence-electron chi connectivity index (χ0n) is 28.1. The van der Waals surface area contributed by atoms with Crippen LogP contribution in [0.3, 0.4) is 0 Å². The summed E-state index contributed by atoms with van der Waals surface area (Å²) in [4.78, 5) is 0.